The van der Waals surface area contributed by atoms with Gasteiger partial charge in [0.15, 0.2) is 0 Å². The molecule has 98 heavy (non-hydrogen) atoms. The van der Waals surface area contributed by atoms with Crippen molar-refractivity contribution in [2.45, 2.75) is 90.4 Å². The zero-order valence-corrected chi connectivity index (χ0v) is 57.1. The number of alkyl carbamates (subject to hydrolysis) is 2. The average Bonchev–Trinajstić information content (AvgIpc) is 0.883. The van der Waals surface area contributed by atoms with Crippen LogP contribution in [0.15, 0.2) is 91.0 Å². The Morgan fingerprint density at radius 3 is 0.939 bits per heavy atom. The number of hydrogen-bond donors (Lipinski definition) is 6. The van der Waals surface area contributed by atoms with Crippen molar-refractivity contribution in [3.05, 3.63) is 108 Å². The highest BCUT2D eigenvalue weighted by Gasteiger charge is 2.37. The second kappa shape index (κ2) is 57.4. The second-order valence-corrected chi connectivity index (χ2v) is 22.1. The molecule has 3 aromatic carbocycles. The van der Waals surface area contributed by atoms with Crippen LogP contribution in [-0.4, -0.2) is 250 Å². The fourth-order valence-electron chi connectivity index (χ4n) is 7.97. The highest BCUT2D eigenvalue weighted by atomic mass is 16.6. The van der Waals surface area contributed by atoms with E-state index < -0.39 is 47.7 Å². The monoisotopic (exact) mass is 1390 g/mol. The van der Waals surface area contributed by atoms with Crippen LogP contribution in [0, 0.1) is 0 Å². The van der Waals surface area contributed by atoms with Gasteiger partial charge >= 0.3 is 24.1 Å². The molecule has 30 nitrogen and oxygen atoms in total. The number of nitrogens with one attached hydrogen (secondary N) is 6. The summed E-state index contributed by atoms with van der Waals surface area (Å²) in [5.41, 5.74) is 1.56. The summed E-state index contributed by atoms with van der Waals surface area (Å²) >= 11 is 0. The lowest BCUT2D eigenvalue weighted by Crippen LogP contribution is -2.64. The fourth-order valence-corrected chi connectivity index (χ4v) is 7.97. The normalized spacial score (nSPS) is 11.8. The molecule has 0 unspecified atom stereocenters. The Morgan fingerprint density at radius 2 is 0.602 bits per heavy atom. The highest BCUT2D eigenvalue weighted by Crippen LogP contribution is 2.10. The SMILES string of the molecule is CC(C)(C)OC(=O)CCCNC(=O)[C@H](NC(=O)OCc1ccccc1)[C@@H](NC(=O)OCc1ccccc1)C(=O)NCCOCCOCCOCCOCCC(=O)NCCOCCOCCOCCOCCC(=O)NCCOCCOCCOCCOCCC(=O)OCc1ccccc1. The van der Waals surface area contributed by atoms with Crippen molar-refractivity contribution in [1.29, 1.82) is 0 Å². The topological polar surface area (TPSA) is 356 Å². The smallest absolute Gasteiger partial charge is 0.408 e. The minimum atomic E-state index is -1.71. The van der Waals surface area contributed by atoms with E-state index in [4.69, 9.17) is 75.8 Å². The predicted molar refractivity (Wildman–Crippen MR) is 354 cm³/mol. The number of carbonyl (C=O) groups excluding carboxylic acids is 8. The molecule has 0 spiro atoms. The molecule has 0 saturated heterocycles. The standard InChI is InChI=1S/C68H104N6O24/c1-68(2,3)98-61(78)20-13-24-71-64(79)62(73-66(81)96-53-56-16-9-5-10-17-56)63(74-67(82)97-54-57-18-11-6-12-19-57)65(80)72-27-33-88-39-45-94-50-47-90-41-35-84-29-22-59(76)69-25-31-86-37-43-92-49-46-89-40-34-83-28-21-58(75)70-26-32-87-38-44-93-51-48-91-42-36-85-30-23-60(77)95-52-55-14-7-4-8-15-55/h4-12,14-19,62-63H,13,20-54H2,1-3H3,(H,69,76)(H,70,75)(H,71,79)(H,72,80)(H,73,81)(H,74,82)/t62-,63-/m1/s1. The number of carbonyl (C=O) groups is 8. The highest BCUT2D eigenvalue weighted by molar-refractivity contribution is 5.96. The van der Waals surface area contributed by atoms with E-state index in [-0.39, 0.29) is 142 Å². The lowest BCUT2D eigenvalue weighted by molar-refractivity contribution is -0.155. The Balaban J connectivity index is 1.10. The Kier molecular flexibility index (Phi) is 49.7. The first kappa shape index (κ1) is 84.8. The van der Waals surface area contributed by atoms with Crippen LogP contribution in [0.4, 0.5) is 9.59 Å². The zero-order chi connectivity index (χ0) is 70.6. The molecule has 6 N–H and O–H groups in total. The molecule has 6 amide bonds. The molecular formula is C68H104N6O24. The minimum Gasteiger partial charge on any atom is -0.461 e. The first-order chi connectivity index (χ1) is 47.7. The maximum atomic E-state index is 13.8. The largest absolute Gasteiger partial charge is 0.461 e. The third-order valence-electron chi connectivity index (χ3n) is 12.8. The van der Waals surface area contributed by atoms with Crippen molar-refractivity contribution in [3.8, 4) is 0 Å². The zero-order valence-electron chi connectivity index (χ0n) is 57.1. The van der Waals surface area contributed by atoms with Crippen LogP contribution in [0.25, 0.3) is 0 Å². The summed E-state index contributed by atoms with van der Waals surface area (Å²) in [6.07, 6.45) is -1.37. The second-order valence-electron chi connectivity index (χ2n) is 22.1. The van der Waals surface area contributed by atoms with Gasteiger partial charge in [-0.15, -0.1) is 0 Å². The number of benzene rings is 3. The van der Waals surface area contributed by atoms with E-state index in [1.54, 1.807) is 81.4 Å². The van der Waals surface area contributed by atoms with E-state index in [1.807, 2.05) is 30.3 Å². The van der Waals surface area contributed by atoms with E-state index in [0.29, 0.717) is 123 Å². The van der Waals surface area contributed by atoms with Gasteiger partial charge in [-0.3, -0.25) is 28.8 Å². The van der Waals surface area contributed by atoms with Crippen LogP contribution in [0.3, 0.4) is 0 Å². The summed E-state index contributed by atoms with van der Waals surface area (Å²) in [7, 11) is 0. The predicted octanol–water partition coefficient (Wildman–Crippen LogP) is 3.28. The van der Waals surface area contributed by atoms with Gasteiger partial charge in [0, 0.05) is 45.4 Å². The van der Waals surface area contributed by atoms with E-state index in [1.165, 1.54) is 0 Å². The Bertz CT molecular complexity index is 2580. The van der Waals surface area contributed by atoms with Crippen LogP contribution in [-0.2, 0) is 124 Å². The van der Waals surface area contributed by atoms with E-state index in [0.717, 1.165) is 5.56 Å². The molecule has 550 valence electrons. The van der Waals surface area contributed by atoms with Crippen LogP contribution in [0.1, 0.15) is 69.6 Å². The van der Waals surface area contributed by atoms with Crippen molar-refractivity contribution in [3.63, 3.8) is 0 Å². The van der Waals surface area contributed by atoms with Crippen LogP contribution < -0.4 is 31.9 Å². The van der Waals surface area contributed by atoms with E-state index in [2.05, 4.69) is 31.9 Å². The van der Waals surface area contributed by atoms with Gasteiger partial charge in [-0.1, -0.05) is 91.0 Å². The summed E-state index contributed by atoms with van der Waals surface area (Å²) in [6.45, 7) is 13.2. The maximum absolute atomic E-state index is 13.8. The summed E-state index contributed by atoms with van der Waals surface area (Å²) < 4.78 is 87.2. The van der Waals surface area contributed by atoms with Gasteiger partial charge in [-0.05, 0) is 43.9 Å². The molecule has 0 aliphatic carbocycles. The Labute approximate surface area is 574 Å². The summed E-state index contributed by atoms with van der Waals surface area (Å²) in [5.74, 6) is -2.80. The lowest BCUT2D eigenvalue weighted by atomic mass is 10.1. The van der Waals surface area contributed by atoms with Crippen LogP contribution in [0.5, 0.6) is 0 Å². The summed E-state index contributed by atoms with van der Waals surface area (Å²) in [4.78, 5) is 102. The Hall–Kier alpha value is -7.46. The quantitative estimate of drug-likeness (QED) is 0.0268. The minimum absolute atomic E-state index is 0.0181. The fraction of sp³-hybridized carbons (Fsp3) is 0.618. The van der Waals surface area contributed by atoms with Gasteiger partial charge in [0.2, 0.25) is 23.6 Å². The van der Waals surface area contributed by atoms with E-state index >= 15 is 0 Å². The summed E-state index contributed by atoms with van der Waals surface area (Å²) in [5, 5.41) is 15.6. The van der Waals surface area contributed by atoms with Gasteiger partial charge in [-0.2, -0.15) is 0 Å². The number of esters is 2. The molecule has 0 heterocycles. The first-order valence-electron chi connectivity index (χ1n) is 33.1. The van der Waals surface area contributed by atoms with E-state index in [9.17, 15) is 38.4 Å². The third-order valence-corrected chi connectivity index (χ3v) is 12.8. The number of rotatable bonds is 60. The van der Waals surface area contributed by atoms with Gasteiger partial charge < -0.3 is 108 Å². The molecule has 0 saturated carbocycles. The van der Waals surface area contributed by atoms with Crippen molar-refractivity contribution >= 4 is 47.8 Å². The van der Waals surface area contributed by atoms with Gasteiger partial charge in [-0.25, -0.2) is 9.59 Å². The molecule has 30 heteroatoms. The molecular weight excluding hydrogens is 1280 g/mol. The lowest BCUT2D eigenvalue weighted by Gasteiger charge is -2.27. The molecule has 3 rings (SSSR count). The van der Waals surface area contributed by atoms with Crippen molar-refractivity contribution < 1.29 is 114 Å². The molecule has 0 radical (unpaired) electrons. The molecule has 2 atom stereocenters. The van der Waals surface area contributed by atoms with Gasteiger partial charge in [0.25, 0.3) is 0 Å². The van der Waals surface area contributed by atoms with Crippen molar-refractivity contribution in [2.75, 3.05) is 185 Å². The first-order valence-corrected chi connectivity index (χ1v) is 33.1. The van der Waals surface area contributed by atoms with Crippen LogP contribution >= 0.6 is 0 Å². The Morgan fingerprint density at radius 1 is 0.316 bits per heavy atom. The molecule has 0 aliphatic heterocycles. The maximum Gasteiger partial charge on any atom is 0.408 e. The average molecular weight is 1390 g/mol. The molecule has 0 fully saturated rings. The number of amides is 6. The van der Waals surface area contributed by atoms with Gasteiger partial charge in [0.05, 0.1) is 165 Å². The third kappa shape index (κ3) is 49.1. The molecule has 0 bridgehead atoms. The van der Waals surface area contributed by atoms with Crippen molar-refractivity contribution in [1.82, 2.24) is 31.9 Å². The molecule has 0 aromatic heterocycles. The summed E-state index contributed by atoms with van der Waals surface area (Å²) in [6, 6.07) is 23.6. The van der Waals surface area contributed by atoms with Gasteiger partial charge in [0.1, 0.15) is 37.5 Å². The van der Waals surface area contributed by atoms with Crippen molar-refractivity contribution in [2.24, 2.45) is 0 Å². The number of hydrogen-bond acceptors (Lipinski definition) is 24. The number of ether oxygens (including phenoxy) is 16. The molecule has 0 aliphatic rings. The molecule has 3 aromatic rings. The van der Waals surface area contributed by atoms with Crippen LogP contribution in [0.2, 0.25) is 0 Å².